The molecule has 39 heavy (non-hydrogen) atoms. The van der Waals surface area contributed by atoms with E-state index in [1.165, 1.54) is 193 Å². The Morgan fingerprint density at radius 1 is 0.308 bits per heavy atom. The molecular weight excluding hydrogens is 496 g/mol. The van der Waals surface area contributed by atoms with Crippen molar-refractivity contribution in [3.63, 3.8) is 0 Å². The zero-order chi connectivity index (χ0) is 27.2. The van der Waals surface area contributed by atoms with E-state index in [-0.39, 0.29) is 37.7 Å². The Morgan fingerprint density at radius 3 is 0.744 bits per heavy atom. The van der Waals surface area contributed by atoms with Crippen LogP contribution in [0.2, 0.25) is 0 Å². The van der Waals surface area contributed by atoms with Crippen LogP contribution in [-0.4, -0.2) is 37.7 Å². The quantitative estimate of drug-likeness (QED) is 0.0641. The molecule has 0 atom stereocenters. The first kappa shape index (κ1) is 39.5. The molecule has 0 spiro atoms. The molecule has 0 aliphatic rings. The Labute approximate surface area is 277 Å². The van der Waals surface area contributed by atoms with Gasteiger partial charge >= 0.3 is 0 Å². The number of aryl methyl sites for hydroxylation is 2. The standard InChI is InChI=1S/C38H70.Ca/c1-3-5-7-9-11-13-15-17-19-21-23-25-27-29-33-37-35-31-32-36-38(37)34-30-28-26-24-22-20-18-16-14-12-10-8-6-4-2;/h31-32,35-36H,3-30,33-34H2,1-2H3;. The molecule has 0 nitrogen and oxygen atoms in total. The van der Waals surface area contributed by atoms with Crippen LogP contribution in [0.4, 0.5) is 0 Å². The second-order valence-corrected chi connectivity index (χ2v) is 12.5. The minimum Gasteiger partial charge on any atom is -0.0654 e. The molecule has 1 rings (SSSR count). The molecule has 2 radical (unpaired) electrons. The second-order valence-electron chi connectivity index (χ2n) is 12.5. The fourth-order valence-corrected chi connectivity index (χ4v) is 6.07. The second kappa shape index (κ2) is 33.0. The number of hydrogen-bond donors (Lipinski definition) is 0. The van der Waals surface area contributed by atoms with Crippen LogP contribution in [0.3, 0.4) is 0 Å². The maximum absolute atomic E-state index is 2.40. The number of unbranched alkanes of at least 4 members (excludes halogenated alkanes) is 26. The topological polar surface area (TPSA) is 0 Å². The molecule has 1 aromatic carbocycles. The van der Waals surface area contributed by atoms with E-state index in [0.717, 1.165) is 0 Å². The molecule has 0 aliphatic carbocycles. The van der Waals surface area contributed by atoms with E-state index in [1.54, 1.807) is 11.1 Å². The molecule has 1 heteroatoms. The van der Waals surface area contributed by atoms with Crippen LogP contribution in [0.5, 0.6) is 0 Å². The van der Waals surface area contributed by atoms with Crippen molar-refractivity contribution in [2.75, 3.05) is 0 Å². The molecule has 0 aliphatic heterocycles. The van der Waals surface area contributed by atoms with E-state index in [0.29, 0.717) is 0 Å². The smallest absolute Gasteiger partial charge is 0 e. The first-order valence-corrected chi connectivity index (χ1v) is 17.9. The van der Waals surface area contributed by atoms with Crippen LogP contribution in [0.1, 0.15) is 205 Å². The van der Waals surface area contributed by atoms with E-state index >= 15 is 0 Å². The predicted octanol–water partition coefficient (Wildman–Crippen LogP) is 13.4. The van der Waals surface area contributed by atoms with Crippen LogP contribution in [0.15, 0.2) is 24.3 Å². The molecule has 0 saturated heterocycles. The van der Waals surface area contributed by atoms with Crippen molar-refractivity contribution in [1.29, 1.82) is 0 Å². The van der Waals surface area contributed by atoms with Gasteiger partial charge in [0.05, 0.1) is 0 Å². The van der Waals surface area contributed by atoms with Gasteiger partial charge in [0.15, 0.2) is 0 Å². The predicted molar refractivity (Wildman–Crippen MR) is 180 cm³/mol. The molecule has 0 aromatic heterocycles. The van der Waals surface area contributed by atoms with Gasteiger partial charge in [0.2, 0.25) is 0 Å². The van der Waals surface area contributed by atoms with E-state index in [2.05, 4.69) is 38.1 Å². The molecule has 0 unspecified atom stereocenters. The number of rotatable bonds is 30. The van der Waals surface area contributed by atoms with Crippen LogP contribution in [0, 0.1) is 0 Å². The van der Waals surface area contributed by atoms with Crippen LogP contribution in [0.25, 0.3) is 0 Å². The van der Waals surface area contributed by atoms with Crippen molar-refractivity contribution >= 4 is 37.7 Å². The maximum atomic E-state index is 2.40. The summed E-state index contributed by atoms with van der Waals surface area (Å²) in [5.41, 5.74) is 3.28. The third-order valence-corrected chi connectivity index (χ3v) is 8.72. The van der Waals surface area contributed by atoms with Crippen LogP contribution in [-0.2, 0) is 12.8 Å². The summed E-state index contributed by atoms with van der Waals surface area (Å²) >= 11 is 0. The Balaban J connectivity index is 0.0000144. The van der Waals surface area contributed by atoms with Gasteiger partial charge in [-0.2, -0.15) is 0 Å². The average Bonchev–Trinajstić information content (AvgIpc) is 2.94. The van der Waals surface area contributed by atoms with Gasteiger partial charge in [-0.25, -0.2) is 0 Å². The molecule has 0 fully saturated rings. The fraction of sp³-hybridized carbons (Fsp3) is 0.842. The van der Waals surface area contributed by atoms with Crippen LogP contribution < -0.4 is 0 Å². The molecule has 0 bridgehead atoms. The number of hydrogen-bond acceptors (Lipinski definition) is 0. The Morgan fingerprint density at radius 2 is 0.513 bits per heavy atom. The van der Waals surface area contributed by atoms with Gasteiger partial charge in [-0.05, 0) is 36.8 Å². The molecule has 224 valence electrons. The summed E-state index contributed by atoms with van der Waals surface area (Å²) < 4.78 is 0. The van der Waals surface area contributed by atoms with Gasteiger partial charge in [-0.1, -0.05) is 205 Å². The summed E-state index contributed by atoms with van der Waals surface area (Å²) in [6.07, 6.45) is 43.1. The van der Waals surface area contributed by atoms with Crippen molar-refractivity contribution in [3.8, 4) is 0 Å². The minimum absolute atomic E-state index is 0. The van der Waals surface area contributed by atoms with Gasteiger partial charge in [0, 0.05) is 37.7 Å². The molecule has 0 amide bonds. The molecule has 0 saturated carbocycles. The zero-order valence-corrected chi connectivity index (χ0v) is 29.4. The summed E-state index contributed by atoms with van der Waals surface area (Å²) in [6, 6.07) is 9.32. The van der Waals surface area contributed by atoms with E-state index in [4.69, 9.17) is 0 Å². The SMILES string of the molecule is CCCCCCCCCCCCCCCCc1ccccc1CCCCCCCCCCCCCCCC.[Ca]. The van der Waals surface area contributed by atoms with Crippen molar-refractivity contribution < 1.29 is 0 Å². The van der Waals surface area contributed by atoms with Gasteiger partial charge in [-0.15, -0.1) is 0 Å². The summed E-state index contributed by atoms with van der Waals surface area (Å²) in [6.45, 7) is 4.61. The third-order valence-electron chi connectivity index (χ3n) is 8.72. The fourth-order valence-electron chi connectivity index (χ4n) is 6.07. The molecule has 0 heterocycles. The maximum Gasteiger partial charge on any atom is 0 e. The van der Waals surface area contributed by atoms with Crippen molar-refractivity contribution in [1.82, 2.24) is 0 Å². The van der Waals surface area contributed by atoms with Crippen molar-refractivity contribution in [2.24, 2.45) is 0 Å². The molecular formula is C38H70Ca. The normalized spacial score (nSPS) is 11.1. The van der Waals surface area contributed by atoms with Gasteiger partial charge in [0.1, 0.15) is 0 Å². The van der Waals surface area contributed by atoms with Gasteiger partial charge in [-0.3, -0.25) is 0 Å². The van der Waals surface area contributed by atoms with E-state index in [9.17, 15) is 0 Å². The van der Waals surface area contributed by atoms with Crippen molar-refractivity contribution in [3.05, 3.63) is 35.4 Å². The first-order chi connectivity index (χ1) is 18.9. The summed E-state index contributed by atoms with van der Waals surface area (Å²) in [7, 11) is 0. The average molecular weight is 567 g/mol. The Hall–Kier alpha value is 0.480. The zero-order valence-electron chi connectivity index (χ0n) is 27.2. The monoisotopic (exact) mass is 567 g/mol. The van der Waals surface area contributed by atoms with Gasteiger partial charge < -0.3 is 0 Å². The largest absolute Gasteiger partial charge is 0.0654 e. The van der Waals surface area contributed by atoms with E-state index < -0.39 is 0 Å². The molecule has 1 aromatic rings. The first-order valence-electron chi connectivity index (χ1n) is 17.9. The Kier molecular flexibility index (Phi) is 33.4. The van der Waals surface area contributed by atoms with Gasteiger partial charge in [0.25, 0.3) is 0 Å². The third kappa shape index (κ3) is 27.1. The summed E-state index contributed by atoms with van der Waals surface area (Å²) in [5, 5.41) is 0. The molecule has 0 N–H and O–H groups in total. The van der Waals surface area contributed by atoms with Crippen molar-refractivity contribution in [2.45, 2.75) is 206 Å². The van der Waals surface area contributed by atoms with Crippen LogP contribution >= 0.6 is 0 Å². The number of benzene rings is 1. The Bertz CT molecular complexity index is 529. The summed E-state index contributed by atoms with van der Waals surface area (Å²) in [4.78, 5) is 0. The minimum atomic E-state index is 0. The summed E-state index contributed by atoms with van der Waals surface area (Å²) in [5.74, 6) is 0. The van der Waals surface area contributed by atoms with E-state index in [1.807, 2.05) is 0 Å².